The van der Waals surface area contributed by atoms with E-state index in [1.807, 2.05) is 6.92 Å². The number of Topliss-reactive ketones (excluding diaryl/α,β-unsaturated/α-hetero) is 1. The molecule has 0 amide bonds. The quantitative estimate of drug-likeness (QED) is 0.798. The van der Waals surface area contributed by atoms with Crippen molar-refractivity contribution < 1.29 is 15.0 Å². The average Bonchev–Trinajstić information content (AvgIpc) is 2.91. The second-order valence-corrected chi connectivity index (χ2v) is 10.5. The predicted molar refractivity (Wildman–Crippen MR) is 97.9 cm³/mol. The molecule has 4 rings (SSSR count). The van der Waals surface area contributed by atoms with Crippen LogP contribution in [0.25, 0.3) is 0 Å². The first kappa shape index (κ1) is 18.0. The molecule has 0 bridgehead atoms. The number of hydrogen-bond donors (Lipinski definition) is 2. The average molecular weight is 349 g/mol. The third kappa shape index (κ3) is 2.72. The molecule has 3 nitrogen and oxygen atoms in total. The van der Waals surface area contributed by atoms with Crippen LogP contribution in [0.15, 0.2) is 0 Å². The Morgan fingerprint density at radius 1 is 1.00 bits per heavy atom. The van der Waals surface area contributed by atoms with E-state index in [0.717, 1.165) is 43.4 Å². The van der Waals surface area contributed by atoms with Gasteiger partial charge < -0.3 is 10.2 Å². The normalized spacial score (nSPS) is 55.2. The van der Waals surface area contributed by atoms with Crippen molar-refractivity contribution in [2.75, 3.05) is 6.61 Å². The lowest BCUT2D eigenvalue weighted by Gasteiger charge is -2.58. The summed E-state index contributed by atoms with van der Waals surface area (Å²) in [5.41, 5.74) is -0.342. The van der Waals surface area contributed by atoms with Crippen LogP contribution in [-0.2, 0) is 4.79 Å². The van der Waals surface area contributed by atoms with Gasteiger partial charge in [0.25, 0.3) is 0 Å². The van der Waals surface area contributed by atoms with Gasteiger partial charge in [0.1, 0.15) is 6.61 Å². The zero-order valence-corrected chi connectivity index (χ0v) is 16.2. The molecule has 3 heteroatoms. The Labute approximate surface area is 152 Å². The minimum absolute atomic E-state index is 0.0823. The molecule has 9 atom stereocenters. The van der Waals surface area contributed by atoms with Crippen molar-refractivity contribution >= 4 is 5.78 Å². The van der Waals surface area contributed by atoms with Crippen molar-refractivity contribution in [1.82, 2.24) is 0 Å². The topological polar surface area (TPSA) is 57.5 Å². The summed E-state index contributed by atoms with van der Waals surface area (Å²) in [7, 11) is 0. The fraction of sp³-hybridized carbons (Fsp3) is 0.955. The minimum atomic E-state index is -0.461. The Balaban J connectivity index is 1.58. The number of carbonyl (C=O) groups is 1. The van der Waals surface area contributed by atoms with E-state index in [1.165, 1.54) is 25.7 Å². The first-order chi connectivity index (χ1) is 11.8. The smallest absolute Gasteiger partial charge is 0.161 e. The monoisotopic (exact) mass is 348 g/mol. The largest absolute Gasteiger partial charge is 0.390 e. The first-order valence-electron chi connectivity index (χ1n) is 10.6. The molecule has 0 saturated heterocycles. The maximum atomic E-state index is 12.3. The Morgan fingerprint density at radius 3 is 2.40 bits per heavy atom. The van der Waals surface area contributed by atoms with Crippen LogP contribution in [-0.4, -0.2) is 28.2 Å². The third-order valence-electron chi connectivity index (χ3n) is 9.20. The van der Waals surface area contributed by atoms with E-state index >= 15 is 0 Å². The lowest BCUT2D eigenvalue weighted by atomic mass is 9.47. The molecule has 0 aliphatic heterocycles. The van der Waals surface area contributed by atoms with Crippen molar-refractivity contribution in [2.24, 2.45) is 46.8 Å². The van der Waals surface area contributed by atoms with Gasteiger partial charge in [0, 0.05) is 5.92 Å². The molecule has 0 radical (unpaired) electrons. The zero-order chi connectivity index (χ0) is 18.0. The van der Waals surface area contributed by atoms with Gasteiger partial charge in [-0.3, -0.25) is 4.79 Å². The summed E-state index contributed by atoms with van der Waals surface area (Å²) in [5.74, 6) is 4.55. The molecule has 0 heterocycles. The van der Waals surface area contributed by atoms with Gasteiger partial charge in [0.2, 0.25) is 0 Å². The van der Waals surface area contributed by atoms with Crippen LogP contribution in [0.5, 0.6) is 0 Å². The molecule has 0 spiro atoms. The zero-order valence-electron chi connectivity index (χ0n) is 16.2. The molecule has 142 valence electrons. The van der Waals surface area contributed by atoms with E-state index < -0.39 is 5.60 Å². The number of aliphatic hydroxyl groups is 2. The summed E-state index contributed by atoms with van der Waals surface area (Å²) in [4.78, 5) is 12.3. The van der Waals surface area contributed by atoms with Crippen LogP contribution in [0.2, 0.25) is 0 Å². The van der Waals surface area contributed by atoms with Crippen LogP contribution in [0.4, 0.5) is 0 Å². The van der Waals surface area contributed by atoms with Gasteiger partial charge in [0.05, 0.1) is 5.60 Å². The molecule has 4 saturated carbocycles. The van der Waals surface area contributed by atoms with Gasteiger partial charge in [-0.05, 0) is 99.2 Å². The molecule has 4 fully saturated rings. The SMILES string of the molecule is CC1C[C@@H]2[C@H](CC[C@]3(C)[C@@H](C(=O)CO)CC[C@@H]23)[C@H]2CC[C@](C)(O)C[C@@H]12. The summed E-state index contributed by atoms with van der Waals surface area (Å²) < 4.78 is 0. The molecular formula is C22H36O3. The second-order valence-electron chi connectivity index (χ2n) is 10.5. The Hall–Kier alpha value is -0.410. The predicted octanol–water partition coefficient (Wildman–Crippen LogP) is 3.81. The van der Waals surface area contributed by atoms with Gasteiger partial charge in [-0.2, -0.15) is 0 Å². The number of fused-ring (bicyclic) bond motifs is 5. The van der Waals surface area contributed by atoms with E-state index in [0.29, 0.717) is 17.8 Å². The maximum Gasteiger partial charge on any atom is 0.161 e. The molecule has 0 aromatic rings. The van der Waals surface area contributed by atoms with Gasteiger partial charge in [-0.15, -0.1) is 0 Å². The minimum Gasteiger partial charge on any atom is -0.390 e. The molecular weight excluding hydrogens is 312 g/mol. The van der Waals surface area contributed by atoms with Gasteiger partial charge in [-0.1, -0.05) is 13.8 Å². The van der Waals surface area contributed by atoms with Crippen LogP contribution in [0.1, 0.15) is 72.1 Å². The maximum absolute atomic E-state index is 12.3. The van der Waals surface area contributed by atoms with Crippen molar-refractivity contribution in [2.45, 2.75) is 77.7 Å². The number of hydrogen-bond acceptors (Lipinski definition) is 3. The molecule has 0 aromatic carbocycles. The summed E-state index contributed by atoms with van der Waals surface area (Å²) in [5, 5.41) is 20.0. The van der Waals surface area contributed by atoms with Crippen molar-refractivity contribution in [3.63, 3.8) is 0 Å². The number of rotatable bonds is 2. The van der Waals surface area contributed by atoms with Crippen molar-refractivity contribution in [1.29, 1.82) is 0 Å². The van der Waals surface area contributed by atoms with Crippen LogP contribution >= 0.6 is 0 Å². The number of aliphatic hydroxyl groups excluding tert-OH is 1. The fourth-order valence-electron chi connectivity index (χ4n) is 8.04. The van der Waals surface area contributed by atoms with Crippen molar-refractivity contribution in [3.05, 3.63) is 0 Å². The summed E-state index contributed by atoms with van der Waals surface area (Å²) in [6.07, 6.45) is 8.98. The molecule has 1 unspecified atom stereocenters. The summed E-state index contributed by atoms with van der Waals surface area (Å²) in [6.45, 7) is 6.51. The molecule has 4 aliphatic rings. The summed E-state index contributed by atoms with van der Waals surface area (Å²) >= 11 is 0. The third-order valence-corrected chi connectivity index (χ3v) is 9.20. The lowest BCUT2D eigenvalue weighted by molar-refractivity contribution is -0.138. The highest BCUT2D eigenvalue weighted by molar-refractivity contribution is 5.83. The molecule has 25 heavy (non-hydrogen) atoms. The van der Waals surface area contributed by atoms with Crippen LogP contribution in [0, 0.1) is 46.8 Å². The van der Waals surface area contributed by atoms with Crippen LogP contribution < -0.4 is 0 Å². The van der Waals surface area contributed by atoms with E-state index in [9.17, 15) is 15.0 Å². The van der Waals surface area contributed by atoms with E-state index in [4.69, 9.17) is 0 Å². The highest BCUT2D eigenvalue weighted by Crippen LogP contribution is 2.65. The first-order valence-corrected chi connectivity index (χ1v) is 10.6. The highest BCUT2D eigenvalue weighted by Gasteiger charge is 2.59. The highest BCUT2D eigenvalue weighted by atomic mass is 16.3. The molecule has 4 aliphatic carbocycles. The van der Waals surface area contributed by atoms with Gasteiger partial charge >= 0.3 is 0 Å². The van der Waals surface area contributed by atoms with E-state index in [1.54, 1.807) is 0 Å². The van der Waals surface area contributed by atoms with Crippen molar-refractivity contribution in [3.8, 4) is 0 Å². The molecule has 0 aromatic heterocycles. The Morgan fingerprint density at radius 2 is 1.68 bits per heavy atom. The van der Waals surface area contributed by atoms with Gasteiger partial charge in [0.15, 0.2) is 5.78 Å². The lowest BCUT2D eigenvalue weighted by Crippen LogP contribution is -2.53. The Kier molecular flexibility index (Phi) is 4.35. The standard InChI is InChI=1S/C22H36O3/c1-13-10-16-14(15-6-8-21(2,25)11-17(13)15)7-9-22(3)18(16)4-5-19(22)20(24)12-23/h13-19,23,25H,4-12H2,1-3H3/t13?,14-,15-,16-,17+,18+,19-,21+,22+/m1/s1. The summed E-state index contributed by atoms with van der Waals surface area (Å²) in [6, 6.07) is 0. The fourth-order valence-corrected chi connectivity index (χ4v) is 8.04. The number of ketones is 1. The van der Waals surface area contributed by atoms with Gasteiger partial charge in [-0.25, -0.2) is 0 Å². The Bertz CT molecular complexity index is 541. The number of carbonyl (C=O) groups excluding carboxylic acids is 1. The van der Waals surface area contributed by atoms with E-state index in [2.05, 4.69) is 13.8 Å². The van der Waals surface area contributed by atoms with Crippen LogP contribution in [0.3, 0.4) is 0 Å². The second kappa shape index (κ2) is 6.05. The molecule has 2 N–H and O–H groups in total. The van der Waals surface area contributed by atoms with E-state index in [-0.39, 0.29) is 23.7 Å².